The van der Waals surface area contributed by atoms with E-state index in [2.05, 4.69) is 0 Å². The number of hydrogen-bond acceptors (Lipinski definition) is 2. The number of primary sulfonamides is 1. The van der Waals surface area contributed by atoms with Gasteiger partial charge in [-0.25, -0.2) is 13.6 Å². The first-order valence-corrected chi connectivity index (χ1v) is 9.52. The minimum atomic E-state index is -4.44. The Morgan fingerprint density at radius 2 is 1.33 bits per heavy atom. The van der Waals surface area contributed by atoms with Crippen molar-refractivity contribution < 1.29 is 21.6 Å². The predicted octanol–water partition coefficient (Wildman–Crippen LogP) is 5.00. The number of hydrogen-bond donors (Lipinski definition) is 1. The number of aryl methyl sites for hydroxylation is 1. The molecule has 0 fully saturated rings. The monoisotopic (exact) mass is 391 g/mol. The lowest BCUT2D eigenvalue weighted by atomic mass is 9.92. The van der Waals surface area contributed by atoms with Crippen molar-refractivity contribution >= 4 is 10.0 Å². The van der Waals surface area contributed by atoms with Crippen LogP contribution in [0, 0.1) is 6.92 Å². The Kier molecular flexibility index (Phi) is 4.84. The summed E-state index contributed by atoms with van der Waals surface area (Å²) in [5.41, 5.74) is 1.88. The minimum Gasteiger partial charge on any atom is -0.225 e. The Morgan fingerprint density at radius 3 is 1.85 bits per heavy atom. The van der Waals surface area contributed by atoms with Gasteiger partial charge in [0.15, 0.2) is 0 Å². The van der Waals surface area contributed by atoms with Crippen LogP contribution in [0.1, 0.15) is 11.1 Å². The summed E-state index contributed by atoms with van der Waals surface area (Å²) in [6, 6.07) is 17.1. The van der Waals surface area contributed by atoms with Gasteiger partial charge < -0.3 is 0 Å². The Morgan fingerprint density at radius 1 is 0.815 bits per heavy atom. The van der Waals surface area contributed by atoms with Gasteiger partial charge >= 0.3 is 6.18 Å². The minimum absolute atomic E-state index is 0.0292. The summed E-state index contributed by atoms with van der Waals surface area (Å²) < 4.78 is 62.6. The number of alkyl halides is 3. The first-order valence-electron chi connectivity index (χ1n) is 7.98. The van der Waals surface area contributed by atoms with Crippen LogP contribution >= 0.6 is 0 Å². The molecule has 0 heterocycles. The van der Waals surface area contributed by atoms with E-state index >= 15 is 0 Å². The van der Waals surface area contributed by atoms with Crippen LogP contribution in [-0.2, 0) is 16.2 Å². The molecule has 0 aromatic heterocycles. The molecule has 3 aromatic carbocycles. The highest BCUT2D eigenvalue weighted by Gasteiger charge is 2.32. The van der Waals surface area contributed by atoms with Gasteiger partial charge in [-0.1, -0.05) is 48.5 Å². The number of benzene rings is 3. The van der Waals surface area contributed by atoms with E-state index in [1.54, 1.807) is 42.5 Å². The average molecular weight is 391 g/mol. The molecular formula is C20H16F3NO2S. The van der Waals surface area contributed by atoms with Crippen LogP contribution in [0.4, 0.5) is 13.2 Å². The van der Waals surface area contributed by atoms with Crippen LogP contribution in [-0.4, -0.2) is 8.42 Å². The molecule has 3 aromatic rings. The second kappa shape index (κ2) is 6.83. The predicted molar refractivity (Wildman–Crippen MR) is 98.4 cm³/mol. The van der Waals surface area contributed by atoms with Crippen molar-refractivity contribution in [2.75, 3.05) is 0 Å². The molecule has 0 atom stereocenters. The molecule has 0 bridgehead atoms. The quantitative estimate of drug-likeness (QED) is 0.683. The highest BCUT2D eigenvalue weighted by atomic mass is 32.2. The molecule has 27 heavy (non-hydrogen) atoms. The van der Waals surface area contributed by atoms with E-state index in [0.717, 1.165) is 6.07 Å². The molecule has 7 heteroatoms. The van der Waals surface area contributed by atoms with Gasteiger partial charge in [-0.05, 0) is 52.9 Å². The summed E-state index contributed by atoms with van der Waals surface area (Å²) >= 11 is 0. The van der Waals surface area contributed by atoms with Crippen molar-refractivity contribution in [2.24, 2.45) is 5.14 Å². The molecule has 2 N–H and O–H groups in total. The summed E-state index contributed by atoms with van der Waals surface area (Å²) in [6.45, 7) is 1.42. The molecule has 0 saturated carbocycles. The third kappa shape index (κ3) is 4.04. The highest BCUT2D eigenvalue weighted by Crippen LogP contribution is 2.37. The van der Waals surface area contributed by atoms with E-state index < -0.39 is 21.8 Å². The Hall–Kier alpha value is -2.64. The third-order valence-electron chi connectivity index (χ3n) is 4.27. The molecule has 0 amide bonds. The van der Waals surface area contributed by atoms with Crippen LogP contribution < -0.4 is 5.14 Å². The molecule has 0 aliphatic carbocycles. The maximum atomic E-state index is 13.3. The molecular weight excluding hydrogens is 375 g/mol. The summed E-state index contributed by atoms with van der Waals surface area (Å²) in [4.78, 5) is -0.0292. The maximum Gasteiger partial charge on any atom is 0.416 e. The van der Waals surface area contributed by atoms with E-state index in [1.807, 2.05) is 0 Å². The Labute approximate surface area is 155 Å². The molecule has 0 spiro atoms. The normalized spacial score (nSPS) is 12.2. The Bertz CT molecular complexity index is 1090. The number of halogens is 3. The SMILES string of the molecule is Cc1ccc(-c2ccccc2-c2ccc(S(N)(=O)=O)cc2)cc1C(F)(F)F. The molecule has 0 unspecified atom stereocenters. The van der Waals surface area contributed by atoms with Crippen molar-refractivity contribution in [3.63, 3.8) is 0 Å². The molecule has 3 nitrogen and oxygen atoms in total. The van der Waals surface area contributed by atoms with Crippen LogP contribution in [0.3, 0.4) is 0 Å². The van der Waals surface area contributed by atoms with Crippen LogP contribution in [0.15, 0.2) is 71.6 Å². The maximum absolute atomic E-state index is 13.3. The smallest absolute Gasteiger partial charge is 0.225 e. The zero-order valence-corrected chi connectivity index (χ0v) is 15.1. The number of nitrogens with two attached hydrogens (primary N) is 1. The number of rotatable bonds is 3. The summed E-state index contributed by atoms with van der Waals surface area (Å²) in [6.07, 6.45) is -4.44. The second-order valence-corrected chi connectivity index (χ2v) is 7.70. The zero-order valence-electron chi connectivity index (χ0n) is 14.3. The third-order valence-corrected chi connectivity index (χ3v) is 5.20. The van der Waals surface area contributed by atoms with E-state index in [-0.39, 0.29) is 10.5 Å². The van der Waals surface area contributed by atoms with Gasteiger partial charge in [0, 0.05) is 0 Å². The molecule has 0 aliphatic heterocycles. The van der Waals surface area contributed by atoms with Crippen molar-refractivity contribution in [1.82, 2.24) is 0 Å². The van der Waals surface area contributed by atoms with Gasteiger partial charge in [0.1, 0.15) is 0 Å². The largest absolute Gasteiger partial charge is 0.416 e. The molecule has 0 saturated heterocycles. The van der Waals surface area contributed by atoms with Gasteiger partial charge in [0.2, 0.25) is 10.0 Å². The average Bonchev–Trinajstić information content (AvgIpc) is 2.60. The van der Waals surface area contributed by atoms with E-state index in [1.165, 1.54) is 25.1 Å². The first-order chi connectivity index (χ1) is 12.6. The molecule has 0 radical (unpaired) electrons. The standard InChI is InChI=1S/C20H16F3NO2S/c1-13-6-7-15(12-19(13)20(21,22)23)18-5-3-2-4-17(18)14-8-10-16(11-9-14)27(24,25)26/h2-12H,1H3,(H2,24,25,26). The fourth-order valence-corrected chi connectivity index (χ4v) is 3.42. The highest BCUT2D eigenvalue weighted by molar-refractivity contribution is 7.89. The second-order valence-electron chi connectivity index (χ2n) is 6.14. The summed E-state index contributed by atoms with van der Waals surface area (Å²) in [7, 11) is -3.82. The molecule has 140 valence electrons. The van der Waals surface area contributed by atoms with Crippen molar-refractivity contribution in [1.29, 1.82) is 0 Å². The fourth-order valence-electron chi connectivity index (χ4n) is 2.91. The van der Waals surface area contributed by atoms with E-state index in [9.17, 15) is 21.6 Å². The zero-order chi connectivity index (χ0) is 19.8. The lowest BCUT2D eigenvalue weighted by molar-refractivity contribution is -0.138. The topological polar surface area (TPSA) is 60.2 Å². The fraction of sp³-hybridized carbons (Fsp3) is 0.100. The van der Waals surface area contributed by atoms with Crippen molar-refractivity contribution in [2.45, 2.75) is 18.0 Å². The van der Waals surface area contributed by atoms with Crippen molar-refractivity contribution in [3.05, 3.63) is 77.9 Å². The summed E-state index contributed by atoms with van der Waals surface area (Å²) in [5.74, 6) is 0. The van der Waals surface area contributed by atoms with Gasteiger partial charge in [0.05, 0.1) is 10.5 Å². The van der Waals surface area contributed by atoms with Crippen LogP contribution in [0.25, 0.3) is 22.3 Å². The lowest BCUT2D eigenvalue weighted by Crippen LogP contribution is -2.11. The Balaban J connectivity index is 2.13. The first kappa shape index (κ1) is 19.1. The van der Waals surface area contributed by atoms with Gasteiger partial charge in [-0.3, -0.25) is 0 Å². The van der Waals surface area contributed by atoms with Crippen LogP contribution in [0.2, 0.25) is 0 Å². The molecule has 3 rings (SSSR count). The molecule has 0 aliphatic rings. The van der Waals surface area contributed by atoms with Crippen molar-refractivity contribution in [3.8, 4) is 22.3 Å². The van der Waals surface area contributed by atoms with Gasteiger partial charge in [0.25, 0.3) is 0 Å². The van der Waals surface area contributed by atoms with Gasteiger partial charge in [-0.15, -0.1) is 0 Å². The summed E-state index contributed by atoms with van der Waals surface area (Å²) in [5, 5.41) is 5.10. The van der Waals surface area contributed by atoms with E-state index in [0.29, 0.717) is 22.3 Å². The lowest BCUT2D eigenvalue weighted by Gasteiger charge is -2.15. The number of sulfonamides is 1. The van der Waals surface area contributed by atoms with Gasteiger partial charge in [-0.2, -0.15) is 13.2 Å². The van der Waals surface area contributed by atoms with Crippen LogP contribution in [0.5, 0.6) is 0 Å². The van der Waals surface area contributed by atoms with E-state index in [4.69, 9.17) is 5.14 Å².